The second-order valence-corrected chi connectivity index (χ2v) is 5.23. The lowest BCUT2D eigenvalue weighted by Crippen LogP contribution is -2.37. The normalized spacial score (nSPS) is 30.3. The van der Waals surface area contributed by atoms with Gasteiger partial charge in [-0.2, -0.15) is 0 Å². The number of rotatable bonds is 2. The van der Waals surface area contributed by atoms with E-state index in [1.54, 1.807) is 0 Å². The number of nitrogens with zero attached hydrogens (tertiary/aromatic N) is 1. The lowest BCUT2D eigenvalue weighted by molar-refractivity contribution is -0.141. The van der Waals surface area contributed by atoms with Gasteiger partial charge in [-0.15, -0.1) is 0 Å². The van der Waals surface area contributed by atoms with E-state index in [9.17, 15) is 9.59 Å². The van der Waals surface area contributed by atoms with Crippen molar-refractivity contribution >= 4 is 11.8 Å². The van der Waals surface area contributed by atoms with Crippen molar-refractivity contribution in [2.75, 3.05) is 19.6 Å². The molecule has 2 saturated heterocycles. The average molecular weight is 210 g/mol. The second kappa shape index (κ2) is 3.59. The largest absolute Gasteiger partial charge is 0.316 e. The molecule has 2 aliphatic heterocycles. The summed E-state index contributed by atoms with van der Waals surface area (Å²) in [5.74, 6) is 0.447. The molecule has 2 rings (SSSR count). The molecule has 0 saturated carbocycles. The summed E-state index contributed by atoms with van der Waals surface area (Å²) >= 11 is 0. The van der Waals surface area contributed by atoms with Gasteiger partial charge in [-0.1, -0.05) is 13.8 Å². The van der Waals surface area contributed by atoms with Crippen LogP contribution in [0.15, 0.2) is 0 Å². The minimum atomic E-state index is -0.483. The molecule has 84 valence electrons. The van der Waals surface area contributed by atoms with E-state index in [0.717, 1.165) is 19.5 Å². The van der Waals surface area contributed by atoms with Crippen LogP contribution < -0.4 is 5.32 Å². The van der Waals surface area contributed by atoms with Crippen LogP contribution in [0.25, 0.3) is 0 Å². The number of likely N-dealkylation sites (tertiary alicyclic amines) is 1. The molecule has 2 heterocycles. The van der Waals surface area contributed by atoms with Gasteiger partial charge in [0.2, 0.25) is 11.8 Å². The molecular weight excluding hydrogens is 192 g/mol. The van der Waals surface area contributed by atoms with Crippen molar-refractivity contribution in [1.29, 1.82) is 0 Å². The van der Waals surface area contributed by atoms with Crippen LogP contribution in [0.5, 0.6) is 0 Å². The number of amides is 2. The monoisotopic (exact) mass is 210 g/mol. The number of hydrogen-bond donors (Lipinski definition) is 1. The lowest BCUT2D eigenvalue weighted by Gasteiger charge is -2.20. The summed E-state index contributed by atoms with van der Waals surface area (Å²) in [6.07, 6.45) is 1.43. The minimum Gasteiger partial charge on any atom is -0.316 e. The zero-order valence-corrected chi connectivity index (χ0v) is 9.38. The van der Waals surface area contributed by atoms with Crippen LogP contribution in [-0.4, -0.2) is 36.3 Å². The highest BCUT2D eigenvalue weighted by Gasteiger charge is 2.45. The Balaban J connectivity index is 2.02. The molecule has 2 fully saturated rings. The molecule has 1 N–H and O–H groups in total. The Kier molecular flexibility index (Phi) is 2.54. The number of nitrogens with one attached hydrogen (secondary N) is 1. The molecule has 15 heavy (non-hydrogen) atoms. The molecule has 0 aromatic carbocycles. The third-order valence-corrected chi connectivity index (χ3v) is 3.32. The summed E-state index contributed by atoms with van der Waals surface area (Å²) in [4.78, 5) is 25.0. The summed E-state index contributed by atoms with van der Waals surface area (Å²) in [6, 6.07) is 0. The second-order valence-electron chi connectivity index (χ2n) is 5.23. The standard InChI is InChI=1S/C11H18N2O2/c1-11(2)5-9(14)13(10(11)15)7-8-3-4-12-6-8/h8,12H,3-7H2,1-2H3. The fourth-order valence-corrected chi connectivity index (χ4v) is 2.34. The Hall–Kier alpha value is -0.900. The van der Waals surface area contributed by atoms with Gasteiger partial charge in [0.15, 0.2) is 0 Å². The van der Waals surface area contributed by atoms with Crippen molar-refractivity contribution in [3.8, 4) is 0 Å². The fourth-order valence-electron chi connectivity index (χ4n) is 2.34. The highest BCUT2D eigenvalue weighted by atomic mass is 16.2. The van der Waals surface area contributed by atoms with E-state index >= 15 is 0 Å². The summed E-state index contributed by atoms with van der Waals surface area (Å²) in [6.45, 7) is 6.23. The Labute approximate surface area is 90.0 Å². The Morgan fingerprint density at radius 3 is 2.67 bits per heavy atom. The van der Waals surface area contributed by atoms with Gasteiger partial charge in [0.25, 0.3) is 0 Å². The average Bonchev–Trinajstić information content (AvgIpc) is 2.69. The molecule has 2 amide bonds. The first-order valence-corrected chi connectivity index (χ1v) is 5.56. The Bertz CT molecular complexity index is 293. The topological polar surface area (TPSA) is 49.4 Å². The molecule has 0 aromatic rings. The van der Waals surface area contributed by atoms with Crippen molar-refractivity contribution < 1.29 is 9.59 Å². The van der Waals surface area contributed by atoms with E-state index < -0.39 is 5.41 Å². The van der Waals surface area contributed by atoms with Crippen molar-refractivity contribution in [3.05, 3.63) is 0 Å². The molecular formula is C11H18N2O2. The highest BCUT2D eigenvalue weighted by Crippen LogP contribution is 2.32. The van der Waals surface area contributed by atoms with Crippen LogP contribution >= 0.6 is 0 Å². The number of carbonyl (C=O) groups is 2. The minimum absolute atomic E-state index is 0.000556. The number of hydrogen-bond acceptors (Lipinski definition) is 3. The molecule has 1 atom stereocenters. The maximum absolute atomic E-state index is 11.9. The van der Waals surface area contributed by atoms with Crippen LogP contribution in [0.2, 0.25) is 0 Å². The maximum atomic E-state index is 11.9. The van der Waals surface area contributed by atoms with Crippen LogP contribution in [-0.2, 0) is 9.59 Å². The molecule has 0 aliphatic carbocycles. The van der Waals surface area contributed by atoms with E-state index in [1.807, 2.05) is 13.8 Å². The van der Waals surface area contributed by atoms with Crippen LogP contribution in [0.1, 0.15) is 26.7 Å². The predicted molar refractivity (Wildman–Crippen MR) is 56.1 cm³/mol. The molecule has 0 radical (unpaired) electrons. The lowest BCUT2D eigenvalue weighted by atomic mass is 9.92. The summed E-state index contributed by atoms with van der Waals surface area (Å²) in [7, 11) is 0. The van der Waals surface area contributed by atoms with Crippen molar-refractivity contribution in [2.45, 2.75) is 26.7 Å². The molecule has 0 spiro atoms. The molecule has 1 unspecified atom stereocenters. The Morgan fingerprint density at radius 2 is 2.20 bits per heavy atom. The van der Waals surface area contributed by atoms with Crippen LogP contribution in [0.3, 0.4) is 0 Å². The first-order chi connectivity index (χ1) is 7.00. The zero-order chi connectivity index (χ0) is 11.1. The zero-order valence-electron chi connectivity index (χ0n) is 9.38. The molecule has 0 bridgehead atoms. The van der Waals surface area contributed by atoms with E-state index in [-0.39, 0.29) is 11.8 Å². The van der Waals surface area contributed by atoms with Crippen molar-refractivity contribution in [2.24, 2.45) is 11.3 Å². The first-order valence-electron chi connectivity index (χ1n) is 5.56. The van der Waals surface area contributed by atoms with Gasteiger partial charge in [0, 0.05) is 13.0 Å². The number of carbonyl (C=O) groups excluding carboxylic acids is 2. The summed E-state index contributed by atoms with van der Waals surface area (Å²) < 4.78 is 0. The predicted octanol–water partition coefficient (Wildman–Crippen LogP) is 0.381. The third-order valence-electron chi connectivity index (χ3n) is 3.32. The maximum Gasteiger partial charge on any atom is 0.235 e. The summed E-state index contributed by atoms with van der Waals surface area (Å²) in [5, 5.41) is 3.25. The van der Waals surface area contributed by atoms with Gasteiger partial charge in [-0.05, 0) is 25.4 Å². The summed E-state index contributed by atoms with van der Waals surface area (Å²) in [5.41, 5.74) is -0.483. The van der Waals surface area contributed by atoms with Crippen LogP contribution in [0, 0.1) is 11.3 Å². The SMILES string of the molecule is CC1(C)CC(=O)N(CC2CCNC2)C1=O. The molecule has 4 heteroatoms. The fraction of sp³-hybridized carbons (Fsp3) is 0.818. The van der Waals surface area contributed by atoms with Crippen LogP contribution in [0.4, 0.5) is 0 Å². The van der Waals surface area contributed by atoms with Gasteiger partial charge in [-0.25, -0.2) is 0 Å². The van der Waals surface area contributed by atoms with Crippen molar-refractivity contribution in [3.63, 3.8) is 0 Å². The Morgan fingerprint density at radius 1 is 1.47 bits per heavy atom. The van der Waals surface area contributed by atoms with Gasteiger partial charge >= 0.3 is 0 Å². The van der Waals surface area contributed by atoms with E-state index in [1.165, 1.54) is 4.90 Å². The molecule has 0 aromatic heterocycles. The van der Waals surface area contributed by atoms with Gasteiger partial charge in [-0.3, -0.25) is 14.5 Å². The quantitative estimate of drug-likeness (QED) is 0.670. The van der Waals surface area contributed by atoms with E-state index in [0.29, 0.717) is 18.9 Å². The van der Waals surface area contributed by atoms with Gasteiger partial charge in [0.05, 0.1) is 5.41 Å². The molecule has 2 aliphatic rings. The van der Waals surface area contributed by atoms with E-state index in [2.05, 4.69) is 5.32 Å². The third kappa shape index (κ3) is 1.91. The van der Waals surface area contributed by atoms with Crippen molar-refractivity contribution in [1.82, 2.24) is 10.2 Å². The number of imide groups is 1. The van der Waals surface area contributed by atoms with Gasteiger partial charge < -0.3 is 5.32 Å². The molecule has 4 nitrogen and oxygen atoms in total. The van der Waals surface area contributed by atoms with Gasteiger partial charge in [0.1, 0.15) is 0 Å². The smallest absolute Gasteiger partial charge is 0.235 e. The highest BCUT2D eigenvalue weighted by molar-refractivity contribution is 6.05. The first kappa shape index (κ1) is 10.6. The van der Waals surface area contributed by atoms with E-state index in [4.69, 9.17) is 0 Å².